The van der Waals surface area contributed by atoms with Crippen molar-refractivity contribution >= 4 is 46.9 Å². The first kappa shape index (κ1) is 24.7. The zero-order valence-corrected chi connectivity index (χ0v) is 20.1. The Kier molecular flexibility index (Phi) is 8.83. The van der Waals surface area contributed by atoms with Crippen LogP contribution in [0.15, 0.2) is 65.8 Å². The Morgan fingerprint density at radius 2 is 1.76 bits per heavy atom. The fraction of sp³-hybridized carbons (Fsp3) is 0.167. The van der Waals surface area contributed by atoms with Crippen LogP contribution in [0.5, 0.6) is 17.2 Å². The van der Waals surface area contributed by atoms with E-state index in [1.807, 2.05) is 18.2 Å². The zero-order chi connectivity index (χ0) is 23.8. The molecule has 6 nitrogen and oxygen atoms in total. The normalized spacial score (nSPS) is 11.8. The van der Waals surface area contributed by atoms with Crippen LogP contribution >= 0.6 is 34.8 Å². The number of hydrazone groups is 1. The second-order valence-electron chi connectivity index (χ2n) is 6.86. The Hall–Kier alpha value is -2.93. The number of hydrogen-bond donors (Lipinski definition) is 1. The molecule has 0 aliphatic carbocycles. The minimum Gasteiger partial charge on any atom is -0.496 e. The molecule has 0 fully saturated rings. The second-order valence-corrected chi connectivity index (χ2v) is 8.11. The van der Waals surface area contributed by atoms with Gasteiger partial charge in [-0.2, -0.15) is 5.10 Å². The number of hydrogen-bond acceptors (Lipinski definition) is 5. The van der Waals surface area contributed by atoms with Gasteiger partial charge in [0, 0.05) is 10.6 Å². The van der Waals surface area contributed by atoms with E-state index in [-0.39, 0.29) is 6.61 Å². The van der Waals surface area contributed by atoms with Gasteiger partial charge in [-0.1, -0.05) is 46.9 Å². The van der Waals surface area contributed by atoms with Crippen LogP contribution in [0.1, 0.15) is 18.1 Å². The van der Waals surface area contributed by atoms with E-state index in [1.165, 1.54) is 12.3 Å². The molecule has 0 spiro atoms. The zero-order valence-electron chi connectivity index (χ0n) is 17.8. The molecule has 3 aromatic rings. The molecule has 9 heteroatoms. The quantitative estimate of drug-likeness (QED) is 0.278. The summed E-state index contributed by atoms with van der Waals surface area (Å²) in [6.45, 7) is 1.83. The fourth-order valence-electron chi connectivity index (χ4n) is 2.78. The number of halogens is 3. The van der Waals surface area contributed by atoms with Gasteiger partial charge in [-0.3, -0.25) is 4.79 Å². The molecule has 0 aliphatic rings. The minimum absolute atomic E-state index is 0.244. The standard InChI is InChI=1S/C24H21Cl3N2O4/c1-15(33-23-10-8-18(25)12-20(23)27)24(30)29-28-13-16-7-9-21(31-2)17(11-16)14-32-22-6-4-3-5-19(22)26/h3-13,15H,14H2,1-2H3,(H,29,30)/b28-13-/t15-/m0/s1. The highest BCUT2D eigenvalue weighted by Gasteiger charge is 2.16. The number of ether oxygens (including phenoxy) is 3. The van der Waals surface area contributed by atoms with Gasteiger partial charge >= 0.3 is 0 Å². The van der Waals surface area contributed by atoms with Gasteiger partial charge in [0.25, 0.3) is 5.91 Å². The average molecular weight is 508 g/mol. The van der Waals surface area contributed by atoms with Crippen molar-refractivity contribution in [1.29, 1.82) is 0 Å². The topological polar surface area (TPSA) is 69.2 Å². The summed E-state index contributed by atoms with van der Waals surface area (Å²) < 4.78 is 16.8. The van der Waals surface area contributed by atoms with E-state index in [0.29, 0.717) is 32.3 Å². The van der Waals surface area contributed by atoms with Crippen LogP contribution in [0.3, 0.4) is 0 Å². The summed E-state index contributed by atoms with van der Waals surface area (Å²) in [6.07, 6.45) is 0.689. The van der Waals surface area contributed by atoms with Crippen LogP contribution in [0.4, 0.5) is 0 Å². The number of amides is 1. The third-order valence-electron chi connectivity index (χ3n) is 4.48. The summed E-state index contributed by atoms with van der Waals surface area (Å²) >= 11 is 18.1. The number of carbonyl (C=O) groups excluding carboxylic acids is 1. The Balaban J connectivity index is 1.61. The average Bonchev–Trinajstić information content (AvgIpc) is 2.80. The van der Waals surface area contributed by atoms with E-state index in [0.717, 1.165) is 11.1 Å². The molecule has 0 heterocycles. The maximum Gasteiger partial charge on any atom is 0.280 e. The largest absolute Gasteiger partial charge is 0.496 e. The maximum atomic E-state index is 12.3. The molecule has 3 aromatic carbocycles. The maximum absolute atomic E-state index is 12.3. The van der Waals surface area contributed by atoms with Crippen LogP contribution < -0.4 is 19.6 Å². The van der Waals surface area contributed by atoms with Gasteiger partial charge in [-0.25, -0.2) is 5.43 Å². The molecular weight excluding hydrogens is 487 g/mol. The summed E-state index contributed by atoms with van der Waals surface area (Å²) in [6, 6.07) is 17.4. The number of nitrogens with one attached hydrogen (secondary N) is 1. The lowest BCUT2D eigenvalue weighted by Crippen LogP contribution is -2.33. The van der Waals surface area contributed by atoms with Crippen LogP contribution in [-0.2, 0) is 11.4 Å². The monoisotopic (exact) mass is 506 g/mol. The highest BCUT2D eigenvalue weighted by Crippen LogP contribution is 2.28. The summed E-state index contributed by atoms with van der Waals surface area (Å²) in [7, 11) is 1.58. The molecule has 1 amide bonds. The predicted octanol–water partition coefficient (Wildman–Crippen LogP) is 6.15. The highest BCUT2D eigenvalue weighted by molar-refractivity contribution is 6.35. The molecule has 0 aliphatic heterocycles. The Bertz CT molecular complexity index is 1150. The van der Waals surface area contributed by atoms with E-state index in [1.54, 1.807) is 50.4 Å². The van der Waals surface area contributed by atoms with Gasteiger partial charge < -0.3 is 14.2 Å². The first-order chi connectivity index (χ1) is 15.9. The van der Waals surface area contributed by atoms with Crippen LogP contribution in [-0.4, -0.2) is 25.3 Å². The molecule has 3 rings (SSSR count). The number of benzene rings is 3. The first-order valence-corrected chi connectivity index (χ1v) is 11.0. The first-order valence-electron chi connectivity index (χ1n) is 9.86. The molecule has 0 saturated heterocycles. The molecule has 0 bridgehead atoms. The molecule has 0 radical (unpaired) electrons. The van der Waals surface area contributed by atoms with Crippen molar-refractivity contribution < 1.29 is 19.0 Å². The number of para-hydroxylation sites is 1. The Morgan fingerprint density at radius 3 is 2.48 bits per heavy atom. The van der Waals surface area contributed by atoms with Crippen molar-refractivity contribution in [2.75, 3.05) is 7.11 Å². The van der Waals surface area contributed by atoms with Crippen LogP contribution in [0.2, 0.25) is 15.1 Å². The second kappa shape index (κ2) is 11.8. The molecule has 33 heavy (non-hydrogen) atoms. The highest BCUT2D eigenvalue weighted by atomic mass is 35.5. The van der Waals surface area contributed by atoms with Crippen molar-refractivity contribution in [3.8, 4) is 17.2 Å². The summed E-state index contributed by atoms with van der Waals surface area (Å²) in [5, 5.41) is 5.32. The van der Waals surface area contributed by atoms with E-state index in [4.69, 9.17) is 49.0 Å². The molecule has 172 valence electrons. The Morgan fingerprint density at radius 1 is 1.00 bits per heavy atom. The SMILES string of the molecule is COc1ccc(/C=N\NC(=O)[C@H](C)Oc2ccc(Cl)cc2Cl)cc1COc1ccccc1Cl. The van der Waals surface area contributed by atoms with Gasteiger partial charge in [-0.05, 0) is 61.0 Å². The molecular formula is C24H21Cl3N2O4. The summed E-state index contributed by atoms with van der Waals surface area (Å²) in [5.74, 6) is 1.14. The van der Waals surface area contributed by atoms with E-state index in [2.05, 4.69) is 10.5 Å². The number of carbonyl (C=O) groups is 1. The molecule has 1 N–H and O–H groups in total. The van der Waals surface area contributed by atoms with Gasteiger partial charge in [0.05, 0.1) is 23.4 Å². The van der Waals surface area contributed by atoms with E-state index < -0.39 is 12.0 Å². The molecule has 0 aromatic heterocycles. The number of methoxy groups -OCH3 is 1. The van der Waals surface area contributed by atoms with Crippen molar-refractivity contribution in [1.82, 2.24) is 5.43 Å². The predicted molar refractivity (Wildman–Crippen MR) is 131 cm³/mol. The van der Waals surface area contributed by atoms with Crippen LogP contribution in [0.25, 0.3) is 0 Å². The minimum atomic E-state index is -0.823. The number of nitrogens with zero attached hydrogens (tertiary/aromatic N) is 1. The van der Waals surface area contributed by atoms with Gasteiger partial charge in [-0.15, -0.1) is 0 Å². The van der Waals surface area contributed by atoms with Crippen molar-refractivity contribution in [3.05, 3.63) is 86.9 Å². The van der Waals surface area contributed by atoms with Crippen molar-refractivity contribution in [3.63, 3.8) is 0 Å². The van der Waals surface area contributed by atoms with Crippen LogP contribution in [0, 0.1) is 0 Å². The smallest absolute Gasteiger partial charge is 0.280 e. The Labute approximate surface area is 207 Å². The number of rotatable bonds is 9. The van der Waals surface area contributed by atoms with E-state index in [9.17, 15) is 4.79 Å². The van der Waals surface area contributed by atoms with E-state index >= 15 is 0 Å². The lowest BCUT2D eigenvalue weighted by molar-refractivity contribution is -0.127. The van der Waals surface area contributed by atoms with Crippen molar-refractivity contribution in [2.45, 2.75) is 19.6 Å². The van der Waals surface area contributed by atoms with Crippen molar-refractivity contribution in [2.24, 2.45) is 5.10 Å². The fourth-order valence-corrected chi connectivity index (χ4v) is 3.43. The van der Waals surface area contributed by atoms with Gasteiger partial charge in [0.1, 0.15) is 23.9 Å². The third kappa shape index (κ3) is 7.02. The van der Waals surface area contributed by atoms with Gasteiger partial charge in [0.15, 0.2) is 6.10 Å². The molecule has 0 saturated carbocycles. The lowest BCUT2D eigenvalue weighted by atomic mass is 10.1. The summed E-state index contributed by atoms with van der Waals surface area (Å²) in [4.78, 5) is 12.3. The molecule has 0 unspecified atom stereocenters. The summed E-state index contributed by atoms with van der Waals surface area (Å²) in [5.41, 5.74) is 3.98. The third-order valence-corrected chi connectivity index (χ3v) is 5.32. The van der Waals surface area contributed by atoms with Gasteiger partial charge in [0.2, 0.25) is 0 Å². The molecule has 1 atom stereocenters. The lowest BCUT2D eigenvalue weighted by Gasteiger charge is -2.14.